The van der Waals surface area contributed by atoms with Crippen molar-refractivity contribution in [1.82, 2.24) is 0 Å². The number of carbonyl (C=O) groups is 1. The van der Waals surface area contributed by atoms with E-state index in [1.807, 2.05) is 54.6 Å². The zero-order chi connectivity index (χ0) is 30.2. The molecule has 0 aliphatic rings. The number of hydrogen-bond acceptors (Lipinski definition) is 10. The first-order valence-corrected chi connectivity index (χ1v) is 12.9. The summed E-state index contributed by atoms with van der Waals surface area (Å²) >= 11 is 0. The molecule has 3 aromatic rings. The Bertz CT molecular complexity index is 1350. The summed E-state index contributed by atoms with van der Waals surface area (Å²) in [6.45, 7) is 0.295. The van der Waals surface area contributed by atoms with Gasteiger partial charge in [-0.2, -0.15) is 0 Å². The topological polar surface area (TPSA) is 100 Å². The highest BCUT2D eigenvalue weighted by atomic mass is 16.7. The molecule has 10 heteroatoms. The molecule has 0 amide bonds. The third-order valence-electron chi connectivity index (χ3n) is 5.68. The van der Waals surface area contributed by atoms with Gasteiger partial charge in [0.2, 0.25) is 0 Å². The average Bonchev–Trinajstić information content (AvgIpc) is 3.02. The number of methoxy groups -OCH3 is 5. The van der Waals surface area contributed by atoms with Gasteiger partial charge in [0.25, 0.3) is 0 Å². The zero-order valence-electron chi connectivity index (χ0n) is 24.4. The molecule has 3 aromatic carbocycles. The van der Waals surface area contributed by atoms with E-state index < -0.39 is 5.97 Å². The van der Waals surface area contributed by atoms with Gasteiger partial charge in [0.05, 0.1) is 12.7 Å². The summed E-state index contributed by atoms with van der Waals surface area (Å²) in [7, 11) is 7.53. The molecule has 3 rings (SSSR count). The van der Waals surface area contributed by atoms with Gasteiger partial charge in [-0.05, 0) is 58.7 Å². The Balaban J connectivity index is 1.94. The van der Waals surface area contributed by atoms with Gasteiger partial charge in [0.15, 0.2) is 50.2 Å². The van der Waals surface area contributed by atoms with Crippen molar-refractivity contribution in [1.29, 1.82) is 0 Å². The highest BCUT2D eigenvalue weighted by Gasteiger charge is 2.10. The SMILES string of the molecule is COCOc1ccc(C=Cc2ccc(C(=O)OC)cc2C=Cc2ccc(OCOC)c(OCOC)c2)cc1OCOC. The Kier molecular flexibility index (Phi) is 13.4. The van der Waals surface area contributed by atoms with Crippen molar-refractivity contribution < 1.29 is 47.4 Å². The van der Waals surface area contributed by atoms with Gasteiger partial charge in [-0.15, -0.1) is 0 Å². The maximum absolute atomic E-state index is 12.3. The fraction of sp³-hybridized carbons (Fsp3) is 0.281. The molecular formula is C32H36O10. The summed E-state index contributed by atoms with van der Waals surface area (Å²) in [5.41, 5.74) is 3.80. The highest BCUT2D eigenvalue weighted by Crippen LogP contribution is 2.31. The van der Waals surface area contributed by atoms with E-state index >= 15 is 0 Å². The molecule has 42 heavy (non-hydrogen) atoms. The smallest absolute Gasteiger partial charge is 0.337 e. The second-order valence-corrected chi connectivity index (χ2v) is 8.62. The lowest BCUT2D eigenvalue weighted by atomic mass is 10.0. The Morgan fingerprint density at radius 3 is 1.43 bits per heavy atom. The molecule has 0 aliphatic carbocycles. The van der Waals surface area contributed by atoms with Crippen LogP contribution in [0.4, 0.5) is 0 Å². The quantitative estimate of drug-likeness (QED) is 0.112. The van der Waals surface area contributed by atoms with E-state index in [-0.39, 0.29) is 27.2 Å². The van der Waals surface area contributed by atoms with Gasteiger partial charge in [0.1, 0.15) is 0 Å². The predicted octanol–water partition coefficient (Wildman–Crippen LogP) is 5.74. The van der Waals surface area contributed by atoms with Crippen LogP contribution in [0.1, 0.15) is 32.6 Å². The van der Waals surface area contributed by atoms with Crippen molar-refractivity contribution in [2.24, 2.45) is 0 Å². The van der Waals surface area contributed by atoms with Gasteiger partial charge >= 0.3 is 5.97 Å². The minimum absolute atomic E-state index is 0.0599. The summed E-state index contributed by atoms with van der Waals surface area (Å²) < 4.78 is 47.5. The fourth-order valence-corrected chi connectivity index (χ4v) is 3.70. The maximum Gasteiger partial charge on any atom is 0.337 e. The van der Waals surface area contributed by atoms with Gasteiger partial charge in [0, 0.05) is 28.4 Å². The van der Waals surface area contributed by atoms with Crippen LogP contribution in [-0.2, 0) is 23.7 Å². The van der Waals surface area contributed by atoms with Crippen molar-refractivity contribution in [2.75, 3.05) is 62.7 Å². The molecule has 0 aromatic heterocycles. The van der Waals surface area contributed by atoms with Crippen molar-refractivity contribution in [3.05, 3.63) is 82.4 Å². The number of carbonyl (C=O) groups excluding carboxylic acids is 1. The van der Waals surface area contributed by atoms with Crippen LogP contribution < -0.4 is 18.9 Å². The first-order valence-electron chi connectivity index (χ1n) is 12.9. The third-order valence-corrected chi connectivity index (χ3v) is 5.68. The van der Waals surface area contributed by atoms with E-state index in [0.717, 1.165) is 22.3 Å². The lowest BCUT2D eigenvalue weighted by Gasteiger charge is -2.12. The molecule has 224 valence electrons. The highest BCUT2D eigenvalue weighted by molar-refractivity contribution is 5.92. The molecule has 0 saturated heterocycles. The Morgan fingerprint density at radius 2 is 0.976 bits per heavy atom. The molecule has 0 heterocycles. The molecule has 0 N–H and O–H groups in total. The third kappa shape index (κ3) is 9.64. The summed E-state index contributed by atoms with van der Waals surface area (Å²) in [6.07, 6.45) is 7.70. The van der Waals surface area contributed by atoms with Gasteiger partial charge in [-0.1, -0.05) is 42.5 Å². The van der Waals surface area contributed by atoms with E-state index in [1.54, 1.807) is 52.7 Å². The number of esters is 1. The molecule has 0 atom stereocenters. The number of benzene rings is 3. The molecule has 0 spiro atoms. The van der Waals surface area contributed by atoms with Gasteiger partial charge < -0.3 is 42.6 Å². The second kappa shape index (κ2) is 17.5. The first kappa shape index (κ1) is 32.2. The van der Waals surface area contributed by atoms with Crippen LogP contribution in [0.3, 0.4) is 0 Å². The molecular weight excluding hydrogens is 544 g/mol. The summed E-state index contributed by atoms with van der Waals surface area (Å²) in [4.78, 5) is 12.3. The lowest BCUT2D eigenvalue weighted by molar-refractivity contribution is 0.0322. The van der Waals surface area contributed by atoms with Crippen LogP contribution in [0.5, 0.6) is 23.0 Å². The van der Waals surface area contributed by atoms with E-state index in [1.165, 1.54) is 7.11 Å². The van der Waals surface area contributed by atoms with Crippen LogP contribution >= 0.6 is 0 Å². The van der Waals surface area contributed by atoms with Crippen LogP contribution in [0.15, 0.2) is 54.6 Å². The van der Waals surface area contributed by atoms with E-state index in [4.69, 9.17) is 42.6 Å². The monoisotopic (exact) mass is 580 g/mol. The summed E-state index contributed by atoms with van der Waals surface area (Å²) in [6, 6.07) is 16.4. The second-order valence-electron chi connectivity index (χ2n) is 8.62. The van der Waals surface area contributed by atoms with Gasteiger partial charge in [-0.3, -0.25) is 0 Å². The van der Waals surface area contributed by atoms with Crippen molar-refractivity contribution in [3.63, 3.8) is 0 Å². The predicted molar refractivity (Wildman–Crippen MR) is 159 cm³/mol. The fourth-order valence-electron chi connectivity index (χ4n) is 3.70. The van der Waals surface area contributed by atoms with E-state index in [9.17, 15) is 4.79 Å². The van der Waals surface area contributed by atoms with Crippen LogP contribution in [0, 0.1) is 0 Å². The molecule has 0 unspecified atom stereocenters. The first-order chi connectivity index (χ1) is 20.5. The van der Waals surface area contributed by atoms with Crippen molar-refractivity contribution in [2.45, 2.75) is 0 Å². The maximum atomic E-state index is 12.3. The lowest BCUT2D eigenvalue weighted by Crippen LogP contribution is -2.04. The molecule has 0 fully saturated rings. The van der Waals surface area contributed by atoms with Crippen molar-refractivity contribution in [3.8, 4) is 23.0 Å². The van der Waals surface area contributed by atoms with Crippen LogP contribution in [-0.4, -0.2) is 68.7 Å². The summed E-state index contributed by atoms with van der Waals surface area (Å²) in [5.74, 6) is 1.65. The Morgan fingerprint density at radius 1 is 0.524 bits per heavy atom. The van der Waals surface area contributed by atoms with Crippen LogP contribution in [0.25, 0.3) is 24.3 Å². The molecule has 0 aliphatic heterocycles. The van der Waals surface area contributed by atoms with E-state index in [0.29, 0.717) is 28.6 Å². The van der Waals surface area contributed by atoms with Crippen molar-refractivity contribution >= 4 is 30.3 Å². The molecule has 10 nitrogen and oxygen atoms in total. The van der Waals surface area contributed by atoms with Gasteiger partial charge in [-0.25, -0.2) is 4.79 Å². The number of hydrogen-bond donors (Lipinski definition) is 0. The Labute approximate surface area is 245 Å². The molecule has 0 radical (unpaired) electrons. The molecule has 0 bridgehead atoms. The average molecular weight is 581 g/mol. The zero-order valence-corrected chi connectivity index (χ0v) is 24.4. The normalized spacial score (nSPS) is 11.2. The van der Waals surface area contributed by atoms with Crippen LogP contribution in [0.2, 0.25) is 0 Å². The summed E-state index contributed by atoms with van der Waals surface area (Å²) in [5, 5.41) is 0. The minimum Gasteiger partial charge on any atom is -0.465 e. The minimum atomic E-state index is -0.429. The Hall–Kier alpha value is -4.35. The largest absolute Gasteiger partial charge is 0.465 e. The number of ether oxygens (including phenoxy) is 9. The number of rotatable bonds is 17. The van der Waals surface area contributed by atoms with E-state index in [2.05, 4.69) is 0 Å². The standard InChI is InChI=1S/C32H36O10/c1-34-19-39-28-14-8-23(16-30(28)41-21-36-3)6-10-25-12-13-27(32(33)38-5)18-26(25)11-7-24-9-15-29(40-20-35-2)31(17-24)42-22-37-4/h6-18H,19-22H2,1-5H3. The molecule has 0 saturated carbocycles.